The van der Waals surface area contributed by atoms with E-state index in [-0.39, 0.29) is 0 Å². The average Bonchev–Trinajstić information content (AvgIpc) is 2.03. The smallest absolute Gasteiger partial charge is 0.0426 e. The Morgan fingerprint density at radius 1 is 1.15 bits per heavy atom. The fourth-order valence-corrected chi connectivity index (χ4v) is 1.53. The Balaban J connectivity index is 2.77. The molecule has 0 aliphatic rings. The van der Waals surface area contributed by atoms with Crippen molar-refractivity contribution in [2.75, 3.05) is 6.54 Å². The van der Waals surface area contributed by atoms with E-state index in [1.807, 2.05) is 24.3 Å². The summed E-state index contributed by atoms with van der Waals surface area (Å²) in [5.41, 5.74) is 6.35. The maximum atomic E-state index is 5.82. The molecule has 2 N–H and O–H groups in total. The quantitative estimate of drug-likeness (QED) is 0.823. The number of benzene rings is 1. The van der Waals surface area contributed by atoms with Gasteiger partial charge in [-0.3, -0.25) is 0 Å². The van der Waals surface area contributed by atoms with Crippen LogP contribution >= 0.6 is 23.2 Å². The molecule has 0 fully saturated rings. The molecule has 0 aliphatic heterocycles. The normalized spacial score (nSPS) is 11.0. The van der Waals surface area contributed by atoms with Gasteiger partial charge >= 0.3 is 0 Å². The van der Waals surface area contributed by atoms with Crippen LogP contribution in [0.5, 0.6) is 0 Å². The second-order valence-electron chi connectivity index (χ2n) is 2.68. The summed E-state index contributed by atoms with van der Waals surface area (Å²) < 4.78 is 0. The third-order valence-electron chi connectivity index (χ3n) is 1.53. The molecule has 0 bridgehead atoms. The average molecular weight is 216 g/mol. The third kappa shape index (κ3) is 3.81. The van der Waals surface area contributed by atoms with Gasteiger partial charge in [0, 0.05) is 10.0 Å². The first-order valence-corrected chi connectivity index (χ1v) is 4.80. The molecule has 13 heavy (non-hydrogen) atoms. The molecule has 0 atom stereocenters. The van der Waals surface area contributed by atoms with Gasteiger partial charge in [0.05, 0.1) is 0 Å². The van der Waals surface area contributed by atoms with Crippen LogP contribution in [0.15, 0.2) is 24.3 Å². The van der Waals surface area contributed by atoms with Crippen molar-refractivity contribution in [2.45, 2.75) is 6.42 Å². The van der Waals surface area contributed by atoms with Crippen LogP contribution in [0.4, 0.5) is 0 Å². The van der Waals surface area contributed by atoms with E-state index in [1.54, 1.807) is 6.07 Å². The molecular weight excluding hydrogens is 205 g/mol. The van der Waals surface area contributed by atoms with Gasteiger partial charge < -0.3 is 5.73 Å². The zero-order valence-corrected chi connectivity index (χ0v) is 8.65. The van der Waals surface area contributed by atoms with E-state index in [9.17, 15) is 0 Å². The van der Waals surface area contributed by atoms with Gasteiger partial charge in [-0.2, -0.15) is 0 Å². The second kappa shape index (κ2) is 5.28. The summed E-state index contributed by atoms with van der Waals surface area (Å²) in [4.78, 5) is 0. The lowest BCUT2D eigenvalue weighted by molar-refractivity contribution is 1.01. The molecule has 0 saturated carbocycles. The summed E-state index contributed by atoms with van der Waals surface area (Å²) in [5.74, 6) is 0. The molecule has 0 spiro atoms. The molecule has 3 heteroatoms. The fraction of sp³-hybridized carbons (Fsp3) is 0.200. The van der Waals surface area contributed by atoms with Crippen molar-refractivity contribution in [1.82, 2.24) is 0 Å². The largest absolute Gasteiger partial charge is 0.330 e. The molecule has 0 saturated heterocycles. The molecule has 1 rings (SSSR count). The summed E-state index contributed by atoms with van der Waals surface area (Å²) >= 11 is 11.6. The first-order chi connectivity index (χ1) is 6.22. The zero-order chi connectivity index (χ0) is 9.68. The highest BCUT2D eigenvalue weighted by Gasteiger charge is 1.93. The number of halogens is 2. The van der Waals surface area contributed by atoms with Gasteiger partial charge in [0.15, 0.2) is 0 Å². The number of nitrogens with two attached hydrogens (primary N) is 1. The Bertz CT molecular complexity index is 288. The minimum Gasteiger partial charge on any atom is -0.330 e. The van der Waals surface area contributed by atoms with Gasteiger partial charge in [-0.15, -0.1) is 0 Å². The first-order valence-electron chi connectivity index (χ1n) is 4.05. The lowest BCUT2D eigenvalue weighted by atomic mass is 10.2. The van der Waals surface area contributed by atoms with E-state index in [0.29, 0.717) is 16.6 Å². The molecule has 0 radical (unpaired) electrons. The Morgan fingerprint density at radius 2 is 1.77 bits per heavy atom. The van der Waals surface area contributed by atoms with Crippen LogP contribution in [-0.2, 0) is 0 Å². The maximum absolute atomic E-state index is 5.82. The van der Waals surface area contributed by atoms with Crippen molar-refractivity contribution >= 4 is 29.3 Å². The van der Waals surface area contributed by atoms with Gasteiger partial charge in [0.2, 0.25) is 0 Å². The van der Waals surface area contributed by atoms with E-state index in [1.165, 1.54) is 0 Å². The first kappa shape index (κ1) is 10.6. The molecule has 1 nitrogen and oxygen atoms in total. The molecule has 0 heterocycles. The summed E-state index contributed by atoms with van der Waals surface area (Å²) in [6.45, 7) is 0.658. The van der Waals surface area contributed by atoms with Crippen LogP contribution in [0.2, 0.25) is 10.0 Å². The van der Waals surface area contributed by atoms with Crippen LogP contribution in [0.1, 0.15) is 12.0 Å². The SMILES string of the molecule is NCCC=Cc1cc(Cl)cc(Cl)c1. The monoisotopic (exact) mass is 215 g/mol. The van der Waals surface area contributed by atoms with Crippen molar-refractivity contribution < 1.29 is 0 Å². The van der Waals surface area contributed by atoms with Crippen LogP contribution in [-0.4, -0.2) is 6.54 Å². The molecule has 1 aromatic carbocycles. The van der Waals surface area contributed by atoms with Crippen LogP contribution in [0.25, 0.3) is 6.08 Å². The van der Waals surface area contributed by atoms with Crippen LogP contribution in [0, 0.1) is 0 Å². The zero-order valence-electron chi connectivity index (χ0n) is 7.13. The van der Waals surface area contributed by atoms with Gasteiger partial charge in [0.1, 0.15) is 0 Å². The lowest BCUT2D eigenvalue weighted by Gasteiger charge is -1.96. The predicted octanol–water partition coefficient (Wildman–Crippen LogP) is 3.36. The molecule has 0 unspecified atom stereocenters. The number of hydrogen-bond acceptors (Lipinski definition) is 1. The Hall–Kier alpha value is -0.500. The van der Waals surface area contributed by atoms with E-state index in [2.05, 4.69) is 0 Å². The Labute approximate surface area is 88.1 Å². The minimum absolute atomic E-state index is 0.653. The molecule has 0 aliphatic carbocycles. The Kier molecular flexibility index (Phi) is 4.29. The summed E-state index contributed by atoms with van der Waals surface area (Å²) in [5, 5.41) is 1.31. The molecule has 0 aromatic heterocycles. The maximum Gasteiger partial charge on any atom is 0.0426 e. The lowest BCUT2D eigenvalue weighted by Crippen LogP contribution is -1.94. The standard InChI is InChI=1S/C10H11Cl2N/c11-9-5-8(3-1-2-4-13)6-10(12)7-9/h1,3,5-7H,2,4,13H2. The molecule has 1 aromatic rings. The van der Waals surface area contributed by atoms with Crippen molar-refractivity contribution in [1.29, 1.82) is 0 Å². The minimum atomic E-state index is 0.653. The van der Waals surface area contributed by atoms with Gasteiger partial charge in [-0.1, -0.05) is 35.4 Å². The summed E-state index contributed by atoms with van der Waals surface area (Å²) in [6, 6.07) is 5.43. The van der Waals surface area contributed by atoms with Crippen LogP contribution in [0.3, 0.4) is 0 Å². The van der Waals surface area contributed by atoms with Gasteiger partial charge in [-0.05, 0) is 36.7 Å². The van der Waals surface area contributed by atoms with Gasteiger partial charge in [-0.25, -0.2) is 0 Å². The molecule has 70 valence electrons. The third-order valence-corrected chi connectivity index (χ3v) is 1.96. The fourth-order valence-electron chi connectivity index (χ4n) is 0.987. The van der Waals surface area contributed by atoms with Crippen molar-refractivity contribution in [2.24, 2.45) is 5.73 Å². The van der Waals surface area contributed by atoms with Crippen molar-refractivity contribution in [3.8, 4) is 0 Å². The highest BCUT2D eigenvalue weighted by Crippen LogP contribution is 2.19. The van der Waals surface area contributed by atoms with Crippen LogP contribution < -0.4 is 5.73 Å². The summed E-state index contributed by atoms with van der Waals surface area (Å²) in [6.07, 6.45) is 4.83. The van der Waals surface area contributed by atoms with E-state index < -0.39 is 0 Å². The van der Waals surface area contributed by atoms with E-state index >= 15 is 0 Å². The second-order valence-corrected chi connectivity index (χ2v) is 3.56. The summed E-state index contributed by atoms with van der Waals surface area (Å²) in [7, 11) is 0. The van der Waals surface area contributed by atoms with Crippen molar-refractivity contribution in [3.05, 3.63) is 39.9 Å². The van der Waals surface area contributed by atoms with E-state index in [4.69, 9.17) is 28.9 Å². The Morgan fingerprint density at radius 3 is 2.31 bits per heavy atom. The molecular formula is C10H11Cl2N. The number of hydrogen-bond donors (Lipinski definition) is 1. The molecule has 0 amide bonds. The highest BCUT2D eigenvalue weighted by atomic mass is 35.5. The van der Waals surface area contributed by atoms with Crippen molar-refractivity contribution in [3.63, 3.8) is 0 Å². The van der Waals surface area contributed by atoms with Gasteiger partial charge in [0.25, 0.3) is 0 Å². The number of rotatable bonds is 3. The topological polar surface area (TPSA) is 26.0 Å². The predicted molar refractivity (Wildman–Crippen MR) is 59.2 cm³/mol. The highest BCUT2D eigenvalue weighted by molar-refractivity contribution is 6.34. The van der Waals surface area contributed by atoms with E-state index in [0.717, 1.165) is 12.0 Å².